The Labute approximate surface area is 109 Å². The normalized spacial score (nSPS) is 10.9. The van der Waals surface area contributed by atoms with Crippen LogP contribution < -0.4 is 0 Å². The number of carbonyl (C=O) groups is 1. The number of ether oxygens (including phenoxy) is 1. The molecule has 0 aliphatic carbocycles. The van der Waals surface area contributed by atoms with Gasteiger partial charge in [-0.3, -0.25) is 0 Å². The molecule has 8 heteroatoms. The number of hydrogen-bond acceptors (Lipinski definition) is 4. The van der Waals surface area contributed by atoms with Crippen LogP contribution in [0.5, 0.6) is 0 Å². The first-order valence-corrected chi connectivity index (χ1v) is 5.55. The molecule has 0 aliphatic rings. The molecule has 0 spiro atoms. The van der Waals surface area contributed by atoms with Crippen molar-refractivity contribution in [1.29, 1.82) is 5.26 Å². The fourth-order valence-electron chi connectivity index (χ4n) is 1.13. The van der Waals surface area contributed by atoms with E-state index in [0.717, 1.165) is 19.2 Å². The topological polar surface area (TPSA) is 50.1 Å². The molecule has 0 bridgehead atoms. The van der Waals surface area contributed by atoms with E-state index in [2.05, 4.69) is 4.74 Å². The number of nitriles is 1. The summed E-state index contributed by atoms with van der Waals surface area (Å²) in [5, 5.41) is 8.45. The van der Waals surface area contributed by atoms with Gasteiger partial charge in [-0.15, -0.1) is 0 Å². The van der Waals surface area contributed by atoms with Crippen molar-refractivity contribution in [3.05, 3.63) is 28.3 Å². The second kappa shape index (κ2) is 5.50. The average Bonchev–Trinajstić information content (AvgIpc) is 2.28. The molecule has 1 rings (SSSR count). The number of thioether (sulfide) groups is 1. The third kappa shape index (κ3) is 3.55. The van der Waals surface area contributed by atoms with E-state index in [1.54, 1.807) is 6.07 Å². The molecule has 96 valence electrons. The largest absolute Gasteiger partial charge is 0.465 e. The monoisotopic (exact) mass is 295 g/mol. The maximum Gasteiger partial charge on any atom is 0.446 e. The molecule has 0 aromatic heterocycles. The van der Waals surface area contributed by atoms with Crippen molar-refractivity contribution >= 4 is 29.3 Å². The minimum Gasteiger partial charge on any atom is -0.465 e. The van der Waals surface area contributed by atoms with Crippen LogP contribution in [0.1, 0.15) is 15.9 Å². The Morgan fingerprint density at radius 2 is 2.11 bits per heavy atom. The maximum absolute atomic E-state index is 12.3. The van der Waals surface area contributed by atoms with Crippen molar-refractivity contribution in [1.82, 2.24) is 0 Å². The molecule has 0 saturated carbocycles. The van der Waals surface area contributed by atoms with Gasteiger partial charge in [0.1, 0.15) is 6.07 Å². The summed E-state index contributed by atoms with van der Waals surface area (Å²) in [7, 11) is 1.11. The van der Waals surface area contributed by atoms with E-state index >= 15 is 0 Å². The molecule has 3 nitrogen and oxygen atoms in total. The zero-order valence-corrected chi connectivity index (χ0v) is 10.4. The predicted octanol–water partition coefficient (Wildman–Crippen LogP) is 3.61. The maximum atomic E-state index is 12.3. The first-order chi connectivity index (χ1) is 8.28. The number of carbonyl (C=O) groups excluding carboxylic acids is 1. The van der Waals surface area contributed by atoms with Crippen molar-refractivity contribution in [3.8, 4) is 6.07 Å². The van der Waals surface area contributed by atoms with Crippen LogP contribution in [0.3, 0.4) is 0 Å². The average molecular weight is 296 g/mol. The highest BCUT2D eigenvalue weighted by atomic mass is 35.5. The van der Waals surface area contributed by atoms with Crippen molar-refractivity contribution in [2.24, 2.45) is 0 Å². The van der Waals surface area contributed by atoms with E-state index in [4.69, 9.17) is 16.9 Å². The molecule has 0 amide bonds. The lowest BCUT2D eigenvalue weighted by Gasteiger charge is -2.10. The minimum absolute atomic E-state index is 0.0782. The number of hydrogen-bond donors (Lipinski definition) is 0. The van der Waals surface area contributed by atoms with Crippen LogP contribution in [0.4, 0.5) is 13.2 Å². The molecular formula is C10H5ClF3NO2S. The van der Waals surface area contributed by atoms with E-state index in [-0.39, 0.29) is 16.1 Å². The molecule has 0 aliphatic heterocycles. The van der Waals surface area contributed by atoms with Gasteiger partial charge < -0.3 is 4.74 Å². The first kappa shape index (κ1) is 14.7. The standard InChI is InChI=1S/C10H5ClF3NO2S/c1-17-9(16)5-2-6(4-15)8(7(11)3-5)18-10(12,13)14/h2-3H,1H3. The fraction of sp³-hybridized carbons (Fsp3) is 0.200. The van der Waals surface area contributed by atoms with Crippen molar-refractivity contribution in [2.75, 3.05) is 7.11 Å². The lowest BCUT2D eigenvalue weighted by Crippen LogP contribution is -2.05. The summed E-state index contributed by atoms with van der Waals surface area (Å²) in [5.74, 6) is -0.781. The molecule has 0 radical (unpaired) electrons. The Bertz CT molecular complexity index is 525. The Morgan fingerprint density at radius 3 is 2.56 bits per heavy atom. The van der Waals surface area contributed by atoms with Gasteiger partial charge in [-0.1, -0.05) is 11.6 Å². The number of esters is 1. The second-order valence-corrected chi connectivity index (χ2v) is 4.47. The predicted molar refractivity (Wildman–Crippen MR) is 59.4 cm³/mol. The van der Waals surface area contributed by atoms with Gasteiger partial charge in [-0.05, 0) is 23.9 Å². The second-order valence-electron chi connectivity index (χ2n) is 2.99. The zero-order valence-electron chi connectivity index (χ0n) is 8.84. The quantitative estimate of drug-likeness (QED) is 0.618. The van der Waals surface area contributed by atoms with Crippen molar-refractivity contribution in [3.63, 3.8) is 0 Å². The van der Waals surface area contributed by atoms with Gasteiger partial charge in [0.05, 0.1) is 28.2 Å². The highest BCUT2D eigenvalue weighted by Gasteiger charge is 2.32. The summed E-state index contributed by atoms with van der Waals surface area (Å²) < 4.78 is 41.2. The molecule has 0 unspecified atom stereocenters. The molecule has 18 heavy (non-hydrogen) atoms. The lowest BCUT2D eigenvalue weighted by atomic mass is 10.1. The summed E-state index contributed by atoms with van der Waals surface area (Å²) in [6.45, 7) is 0. The number of alkyl halides is 3. The minimum atomic E-state index is -4.57. The molecule has 0 N–H and O–H groups in total. The Balaban J connectivity index is 3.30. The number of benzene rings is 1. The number of halogens is 4. The van der Waals surface area contributed by atoms with Gasteiger partial charge in [0, 0.05) is 0 Å². The lowest BCUT2D eigenvalue weighted by molar-refractivity contribution is -0.0328. The Morgan fingerprint density at radius 1 is 1.50 bits per heavy atom. The molecule has 1 aromatic rings. The molecule has 0 fully saturated rings. The summed E-state index contributed by atoms with van der Waals surface area (Å²) in [5.41, 5.74) is -4.97. The molecule has 0 atom stereocenters. The smallest absolute Gasteiger partial charge is 0.446 e. The summed E-state index contributed by atoms with van der Waals surface area (Å²) >= 11 is 5.14. The van der Waals surface area contributed by atoms with Gasteiger partial charge in [0.25, 0.3) is 0 Å². The van der Waals surface area contributed by atoms with Crippen LogP contribution >= 0.6 is 23.4 Å². The number of rotatable bonds is 2. The van der Waals surface area contributed by atoms with Crippen LogP contribution in [-0.4, -0.2) is 18.6 Å². The van der Waals surface area contributed by atoms with E-state index in [9.17, 15) is 18.0 Å². The van der Waals surface area contributed by atoms with E-state index in [1.807, 2.05) is 0 Å². The zero-order chi connectivity index (χ0) is 13.9. The highest BCUT2D eigenvalue weighted by molar-refractivity contribution is 8.00. The highest BCUT2D eigenvalue weighted by Crippen LogP contribution is 2.42. The summed E-state index contributed by atoms with van der Waals surface area (Å²) in [4.78, 5) is 10.8. The van der Waals surface area contributed by atoms with Gasteiger partial charge in [-0.25, -0.2) is 4.79 Å². The fourth-order valence-corrected chi connectivity index (χ4v) is 2.07. The molecule has 0 saturated heterocycles. The third-order valence-electron chi connectivity index (χ3n) is 1.80. The molecule has 0 heterocycles. The van der Waals surface area contributed by atoms with Crippen molar-refractivity contribution < 1.29 is 22.7 Å². The van der Waals surface area contributed by atoms with Crippen LogP contribution in [0.2, 0.25) is 5.02 Å². The van der Waals surface area contributed by atoms with Crippen LogP contribution in [0, 0.1) is 11.3 Å². The third-order valence-corrected chi connectivity index (χ3v) is 3.09. The van der Waals surface area contributed by atoms with Gasteiger partial charge >= 0.3 is 11.5 Å². The first-order valence-electron chi connectivity index (χ1n) is 4.36. The summed E-state index contributed by atoms with van der Waals surface area (Å²) in [6.07, 6.45) is 0. The van der Waals surface area contributed by atoms with Gasteiger partial charge in [-0.2, -0.15) is 18.4 Å². The van der Waals surface area contributed by atoms with Gasteiger partial charge in [0.2, 0.25) is 0 Å². The van der Waals surface area contributed by atoms with Crippen LogP contribution in [0.15, 0.2) is 17.0 Å². The number of nitrogens with zero attached hydrogens (tertiary/aromatic N) is 1. The molecule has 1 aromatic carbocycles. The van der Waals surface area contributed by atoms with Crippen LogP contribution in [-0.2, 0) is 4.74 Å². The molecular weight excluding hydrogens is 291 g/mol. The van der Waals surface area contributed by atoms with E-state index in [1.165, 1.54) is 0 Å². The Kier molecular flexibility index (Phi) is 4.48. The Hall–Kier alpha value is -1.39. The van der Waals surface area contributed by atoms with E-state index < -0.39 is 28.1 Å². The van der Waals surface area contributed by atoms with Gasteiger partial charge in [0.15, 0.2) is 0 Å². The van der Waals surface area contributed by atoms with Crippen LogP contribution in [0.25, 0.3) is 0 Å². The summed E-state index contributed by atoms with van der Waals surface area (Å²) in [6, 6.07) is 3.60. The van der Waals surface area contributed by atoms with E-state index in [0.29, 0.717) is 0 Å². The number of methoxy groups -OCH3 is 1. The van der Waals surface area contributed by atoms with Crippen molar-refractivity contribution in [2.45, 2.75) is 10.4 Å². The SMILES string of the molecule is COC(=O)c1cc(Cl)c(SC(F)(F)F)c(C#N)c1.